The van der Waals surface area contributed by atoms with Crippen LogP contribution < -0.4 is 14.8 Å². The number of allylic oxidation sites excluding steroid dienone is 1. The average Bonchev–Trinajstić information content (AvgIpc) is 2.91. The highest BCUT2D eigenvalue weighted by molar-refractivity contribution is 5.80. The number of benzene rings is 1. The van der Waals surface area contributed by atoms with Gasteiger partial charge in [-0.3, -0.25) is 0 Å². The van der Waals surface area contributed by atoms with Crippen LogP contribution >= 0.6 is 0 Å². The molecule has 0 radical (unpaired) electrons. The van der Waals surface area contributed by atoms with Crippen LogP contribution in [-0.2, 0) is 0 Å². The Morgan fingerprint density at radius 3 is 2.76 bits per heavy atom. The van der Waals surface area contributed by atoms with Crippen LogP contribution in [-0.4, -0.2) is 44.8 Å². The van der Waals surface area contributed by atoms with Crippen molar-refractivity contribution in [3.63, 3.8) is 0 Å². The van der Waals surface area contributed by atoms with Crippen LogP contribution in [0.4, 0.5) is 4.79 Å². The Morgan fingerprint density at radius 1 is 1.43 bits per heavy atom. The molecule has 1 N–H and O–H groups in total. The Labute approximate surface area is 123 Å². The van der Waals surface area contributed by atoms with E-state index in [0.29, 0.717) is 31.1 Å². The van der Waals surface area contributed by atoms with Crippen LogP contribution in [0.25, 0.3) is 5.57 Å². The molecule has 0 unspecified atom stereocenters. The summed E-state index contributed by atoms with van der Waals surface area (Å²) < 4.78 is 10.5. The first-order chi connectivity index (χ1) is 10.2. The van der Waals surface area contributed by atoms with Crippen molar-refractivity contribution >= 4 is 11.6 Å². The summed E-state index contributed by atoms with van der Waals surface area (Å²) in [6.45, 7) is 1.65. The van der Waals surface area contributed by atoms with E-state index in [1.165, 1.54) is 6.08 Å². The Hall–Kier alpha value is -2.68. The molecule has 2 amide bonds. The highest BCUT2D eigenvalue weighted by atomic mass is 16.5. The zero-order chi connectivity index (χ0) is 15.2. The minimum Gasteiger partial charge on any atom is -0.493 e. The predicted molar refractivity (Wildman–Crippen MR) is 78.1 cm³/mol. The van der Waals surface area contributed by atoms with Gasteiger partial charge in [-0.15, -0.1) is 0 Å². The van der Waals surface area contributed by atoms with Gasteiger partial charge in [0, 0.05) is 25.7 Å². The van der Waals surface area contributed by atoms with Crippen LogP contribution in [0, 0.1) is 11.3 Å². The number of carbonyl (C=O) groups excluding carboxylic acids is 1. The highest BCUT2D eigenvalue weighted by Crippen LogP contribution is 2.30. The number of methoxy groups -OCH3 is 2. The lowest BCUT2D eigenvalue weighted by Gasteiger charge is -2.17. The molecule has 1 heterocycles. The predicted octanol–water partition coefficient (Wildman–Crippen LogP) is 1.64. The van der Waals surface area contributed by atoms with Crippen LogP contribution in [0.15, 0.2) is 24.3 Å². The molecule has 6 heteroatoms. The minimum absolute atomic E-state index is 0.112. The zero-order valence-corrected chi connectivity index (χ0v) is 12.0. The molecule has 6 nitrogen and oxygen atoms in total. The van der Waals surface area contributed by atoms with Crippen LogP contribution in [0.2, 0.25) is 0 Å². The third-order valence-corrected chi connectivity index (χ3v) is 3.30. The third kappa shape index (κ3) is 3.26. The SMILES string of the molecule is COc1ccc(/C(=C\C#N)CN2CCNC2=O)cc1OC. The lowest BCUT2D eigenvalue weighted by Crippen LogP contribution is -2.29. The molecular weight excluding hydrogens is 270 g/mol. The van der Waals surface area contributed by atoms with Crippen molar-refractivity contribution in [3.8, 4) is 17.6 Å². The van der Waals surface area contributed by atoms with Crippen molar-refractivity contribution in [2.24, 2.45) is 0 Å². The molecule has 0 atom stereocenters. The first-order valence-electron chi connectivity index (χ1n) is 6.53. The summed E-state index contributed by atoms with van der Waals surface area (Å²) in [7, 11) is 3.13. The van der Waals surface area contributed by atoms with E-state index in [1.807, 2.05) is 12.1 Å². The van der Waals surface area contributed by atoms with Crippen molar-refractivity contribution < 1.29 is 14.3 Å². The van der Waals surface area contributed by atoms with Crippen molar-refractivity contribution in [2.75, 3.05) is 33.9 Å². The van der Waals surface area contributed by atoms with Gasteiger partial charge in [0.05, 0.1) is 20.3 Å². The summed E-state index contributed by atoms with van der Waals surface area (Å²) in [6, 6.07) is 7.35. The smallest absolute Gasteiger partial charge is 0.317 e. The molecule has 0 spiro atoms. The molecule has 1 fully saturated rings. The number of ether oxygens (including phenoxy) is 2. The maximum Gasteiger partial charge on any atom is 0.317 e. The fraction of sp³-hybridized carbons (Fsp3) is 0.333. The van der Waals surface area contributed by atoms with Gasteiger partial charge in [0.25, 0.3) is 0 Å². The molecular formula is C15H17N3O3. The number of amides is 2. The molecule has 0 aromatic heterocycles. The van der Waals surface area contributed by atoms with E-state index in [-0.39, 0.29) is 6.03 Å². The lowest BCUT2D eigenvalue weighted by molar-refractivity contribution is 0.222. The second-order valence-electron chi connectivity index (χ2n) is 4.52. The van der Waals surface area contributed by atoms with Crippen LogP contribution in [0.3, 0.4) is 0 Å². The maximum atomic E-state index is 11.6. The summed E-state index contributed by atoms with van der Waals surface area (Å²) in [4.78, 5) is 13.3. The van der Waals surface area contributed by atoms with Gasteiger partial charge in [0.1, 0.15) is 0 Å². The van der Waals surface area contributed by atoms with Crippen LogP contribution in [0.1, 0.15) is 5.56 Å². The van der Waals surface area contributed by atoms with Gasteiger partial charge in [-0.25, -0.2) is 4.79 Å². The molecule has 1 aliphatic heterocycles. The van der Waals surface area contributed by atoms with Gasteiger partial charge in [-0.05, 0) is 23.3 Å². The number of hydrogen-bond acceptors (Lipinski definition) is 4. The normalized spacial score (nSPS) is 14.6. The first-order valence-corrected chi connectivity index (χ1v) is 6.53. The summed E-state index contributed by atoms with van der Waals surface area (Å²) in [5.41, 5.74) is 1.59. The van der Waals surface area contributed by atoms with Gasteiger partial charge in [0.2, 0.25) is 0 Å². The summed E-state index contributed by atoms with van der Waals surface area (Å²) >= 11 is 0. The molecule has 21 heavy (non-hydrogen) atoms. The number of nitriles is 1. The fourth-order valence-corrected chi connectivity index (χ4v) is 2.20. The number of hydrogen-bond donors (Lipinski definition) is 1. The minimum atomic E-state index is -0.112. The van der Waals surface area contributed by atoms with E-state index < -0.39 is 0 Å². The fourth-order valence-electron chi connectivity index (χ4n) is 2.20. The lowest BCUT2D eigenvalue weighted by atomic mass is 10.0. The van der Waals surface area contributed by atoms with Crippen molar-refractivity contribution in [1.82, 2.24) is 10.2 Å². The summed E-state index contributed by atoms with van der Waals surface area (Å²) in [5, 5.41) is 11.7. The van der Waals surface area contributed by atoms with E-state index in [4.69, 9.17) is 14.7 Å². The van der Waals surface area contributed by atoms with Gasteiger partial charge in [0.15, 0.2) is 11.5 Å². The van der Waals surface area contributed by atoms with Crippen LogP contribution in [0.5, 0.6) is 11.5 Å². The zero-order valence-electron chi connectivity index (χ0n) is 12.0. The monoisotopic (exact) mass is 287 g/mol. The second-order valence-corrected chi connectivity index (χ2v) is 4.52. The molecule has 0 aliphatic carbocycles. The standard InChI is InChI=1S/C15H17N3O3/c1-20-13-4-3-11(9-14(13)21-2)12(5-6-16)10-18-8-7-17-15(18)19/h3-5,9H,7-8,10H2,1-2H3,(H,17,19)/b12-5-. The average molecular weight is 287 g/mol. The Balaban J connectivity index is 2.28. The van der Waals surface area contributed by atoms with Crippen molar-refractivity contribution in [2.45, 2.75) is 0 Å². The molecule has 0 bridgehead atoms. The van der Waals surface area contributed by atoms with E-state index in [9.17, 15) is 4.79 Å². The van der Waals surface area contributed by atoms with E-state index >= 15 is 0 Å². The molecule has 1 saturated heterocycles. The maximum absolute atomic E-state index is 11.6. The first kappa shape index (κ1) is 14.7. The molecule has 0 saturated carbocycles. The summed E-state index contributed by atoms with van der Waals surface area (Å²) in [6.07, 6.45) is 1.45. The van der Waals surface area contributed by atoms with Gasteiger partial charge in [-0.1, -0.05) is 6.07 Å². The third-order valence-electron chi connectivity index (χ3n) is 3.30. The molecule has 1 aliphatic rings. The number of carbonyl (C=O) groups is 1. The topological polar surface area (TPSA) is 74.6 Å². The molecule has 1 aromatic carbocycles. The van der Waals surface area contributed by atoms with E-state index in [1.54, 1.807) is 31.3 Å². The highest BCUT2D eigenvalue weighted by Gasteiger charge is 2.21. The molecule has 1 aromatic rings. The van der Waals surface area contributed by atoms with E-state index in [0.717, 1.165) is 11.1 Å². The molecule has 2 rings (SSSR count). The van der Waals surface area contributed by atoms with Crippen molar-refractivity contribution in [3.05, 3.63) is 29.8 Å². The van der Waals surface area contributed by atoms with Gasteiger partial charge < -0.3 is 19.7 Å². The Kier molecular flexibility index (Phi) is 4.67. The van der Waals surface area contributed by atoms with E-state index in [2.05, 4.69) is 5.32 Å². The van der Waals surface area contributed by atoms with Gasteiger partial charge >= 0.3 is 6.03 Å². The Morgan fingerprint density at radius 2 is 2.19 bits per heavy atom. The molecule has 110 valence electrons. The number of nitrogens with zero attached hydrogens (tertiary/aromatic N) is 2. The number of urea groups is 1. The van der Waals surface area contributed by atoms with Gasteiger partial charge in [-0.2, -0.15) is 5.26 Å². The quantitative estimate of drug-likeness (QED) is 0.835. The number of rotatable bonds is 5. The second kappa shape index (κ2) is 6.66. The largest absolute Gasteiger partial charge is 0.493 e. The Bertz CT molecular complexity index is 605. The summed E-state index contributed by atoms with van der Waals surface area (Å²) in [5.74, 6) is 1.21. The number of nitrogens with one attached hydrogen (secondary N) is 1. The van der Waals surface area contributed by atoms with Crippen molar-refractivity contribution in [1.29, 1.82) is 5.26 Å².